The van der Waals surface area contributed by atoms with Crippen LogP contribution >= 0.6 is 27.7 Å². The summed E-state index contributed by atoms with van der Waals surface area (Å²) in [6.45, 7) is 1.26. The molecule has 1 aromatic carbocycles. The molecule has 0 spiro atoms. The number of hydrogen-bond acceptors (Lipinski definition) is 4. The maximum absolute atomic E-state index is 11.0. The van der Waals surface area contributed by atoms with Crippen LogP contribution in [0.1, 0.15) is 12.5 Å². The van der Waals surface area contributed by atoms with Gasteiger partial charge < -0.3 is 10.4 Å². The Bertz CT molecular complexity index is 542. The predicted octanol–water partition coefficient (Wildman–Crippen LogP) is 2.00. The summed E-state index contributed by atoms with van der Waals surface area (Å²) < 4.78 is 0.659. The van der Waals surface area contributed by atoms with Crippen LogP contribution < -0.4 is 5.32 Å². The number of carboxylic acids is 1. The fourth-order valence-electron chi connectivity index (χ4n) is 1.33. The molecule has 0 aliphatic rings. The number of nitriles is 1. The Morgan fingerprint density at radius 3 is 2.79 bits per heavy atom. The summed E-state index contributed by atoms with van der Waals surface area (Å²) in [5, 5.41) is 20.4. The number of rotatable bonds is 5. The first-order chi connectivity index (χ1) is 8.95. The van der Waals surface area contributed by atoms with Crippen molar-refractivity contribution in [2.75, 3.05) is 5.75 Å². The van der Waals surface area contributed by atoms with Crippen LogP contribution in [0.15, 0.2) is 27.6 Å². The molecule has 2 N–H and O–H groups in total. The van der Waals surface area contributed by atoms with Gasteiger partial charge in [0.1, 0.15) is 12.1 Å². The van der Waals surface area contributed by atoms with Gasteiger partial charge in [-0.2, -0.15) is 5.26 Å². The van der Waals surface area contributed by atoms with Crippen LogP contribution in [0.2, 0.25) is 0 Å². The average Bonchev–Trinajstić information content (AvgIpc) is 2.33. The van der Waals surface area contributed by atoms with Gasteiger partial charge in [0.25, 0.3) is 0 Å². The first-order valence-electron chi connectivity index (χ1n) is 5.27. The van der Waals surface area contributed by atoms with Gasteiger partial charge in [0, 0.05) is 22.0 Å². The molecule has 0 saturated heterocycles. The van der Waals surface area contributed by atoms with E-state index in [0.717, 1.165) is 0 Å². The minimum absolute atomic E-state index is 0.153. The number of carbonyl (C=O) groups excluding carboxylic acids is 1. The highest BCUT2D eigenvalue weighted by Crippen LogP contribution is 2.28. The number of hydrogen-bond donors (Lipinski definition) is 2. The summed E-state index contributed by atoms with van der Waals surface area (Å²) in [6, 6.07) is 6.32. The van der Waals surface area contributed by atoms with E-state index >= 15 is 0 Å². The van der Waals surface area contributed by atoms with Crippen LogP contribution in [0.4, 0.5) is 0 Å². The molecule has 1 unspecified atom stereocenters. The Balaban J connectivity index is 2.80. The molecule has 1 rings (SSSR count). The second-order valence-corrected chi connectivity index (χ2v) is 5.54. The number of amides is 1. The number of benzene rings is 1. The quantitative estimate of drug-likeness (QED) is 0.798. The van der Waals surface area contributed by atoms with Crippen molar-refractivity contribution in [1.29, 1.82) is 5.26 Å². The summed E-state index contributed by atoms with van der Waals surface area (Å²) in [5.74, 6) is -1.35. The molecule has 100 valence electrons. The zero-order valence-corrected chi connectivity index (χ0v) is 12.4. The lowest BCUT2D eigenvalue weighted by molar-refractivity contribution is -0.140. The highest BCUT2D eigenvalue weighted by atomic mass is 79.9. The molecule has 1 amide bonds. The number of nitrogens with one attached hydrogen (secondary N) is 1. The van der Waals surface area contributed by atoms with Gasteiger partial charge in [0.05, 0.1) is 5.56 Å². The Morgan fingerprint density at radius 1 is 1.58 bits per heavy atom. The van der Waals surface area contributed by atoms with Gasteiger partial charge in [0.2, 0.25) is 5.91 Å². The molecule has 0 saturated carbocycles. The van der Waals surface area contributed by atoms with E-state index in [2.05, 4.69) is 27.3 Å². The number of halogens is 1. The zero-order chi connectivity index (χ0) is 14.4. The van der Waals surface area contributed by atoms with Crippen LogP contribution in [0.25, 0.3) is 0 Å². The molecule has 7 heteroatoms. The van der Waals surface area contributed by atoms with Crippen molar-refractivity contribution >= 4 is 39.6 Å². The van der Waals surface area contributed by atoms with Crippen molar-refractivity contribution in [3.05, 3.63) is 28.2 Å². The fraction of sp³-hybridized carbons (Fsp3) is 0.250. The molecule has 5 nitrogen and oxygen atoms in total. The predicted molar refractivity (Wildman–Crippen MR) is 74.8 cm³/mol. The Kier molecular flexibility index (Phi) is 5.86. The van der Waals surface area contributed by atoms with Gasteiger partial charge >= 0.3 is 5.97 Å². The monoisotopic (exact) mass is 342 g/mol. The Hall–Kier alpha value is -1.52. The summed E-state index contributed by atoms with van der Waals surface area (Å²) in [5.41, 5.74) is 0.458. The minimum atomic E-state index is -1.10. The van der Waals surface area contributed by atoms with Gasteiger partial charge in [-0.1, -0.05) is 6.07 Å². The molecule has 0 aliphatic heterocycles. The summed E-state index contributed by atoms with van der Waals surface area (Å²) >= 11 is 4.48. The fourth-order valence-corrected chi connectivity index (χ4v) is 2.96. The van der Waals surface area contributed by atoms with Crippen molar-refractivity contribution in [1.82, 2.24) is 5.32 Å². The van der Waals surface area contributed by atoms with Crippen LogP contribution in [-0.2, 0) is 9.59 Å². The second-order valence-electron chi connectivity index (χ2n) is 3.63. The van der Waals surface area contributed by atoms with E-state index in [9.17, 15) is 9.59 Å². The van der Waals surface area contributed by atoms with Crippen LogP contribution in [0.3, 0.4) is 0 Å². The highest BCUT2D eigenvalue weighted by molar-refractivity contribution is 9.10. The van der Waals surface area contributed by atoms with E-state index in [4.69, 9.17) is 10.4 Å². The maximum Gasteiger partial charge on any atom is 0.327 e. The van der Waals surface area contributed by atoms with Crippen LogP contribution in [0.5, 0.6) is 0 Å². The van der Waals surface area contributed by atoms with Gasteiger partial charge in [-0.05, 0) is 28.1 Å². The summed E-state index contributed by atoms with van der Waals surface area (Å²) in [7, 11) is 0. The van der Waals surface area contributed by atoms with Gasteiger partial charge in [0.15, 0.2) is 0 Å². The van der Waals surface area contributed by atoms with Crippen molar-refractivity contribution in [2.45, 2.75) is 17.9 Å². The van der Waals surface area contributed by atoms with Crippen molar-refractivity contribution < 1.29 is 14.7 Å². The van der Waals surface area contributed by atoms with Crippen molar-refractivity contribution in [2.24, 2.45) is 0 Å². The average molecular weight is 343 g/mol. The second kappa shape index (κ2) is 7.16. The topological polar surface area (TPSA) is 90.2 Å². The van der Waals surface area contributed by atoms with Gasteiger partial charge in [-0.25, -0.2) is 4.79 Å². The van der Waals surface area contributed by atoms with Gasteiger partial charge in [-0.3, -0.25) is 4.79 Å². The molecular weight excluding hydrogens is 332 g/mol. The molecule has 0 heterocycles. The zero-order valence-electron chi connectivity index (χ0n) is 10.0. The van der Waals surface area contributed by atoms with Crippen molar-refractivity contribution in [3.63, 3.8) is 0 Å². The lowest BCUT2D eigenvalue weighted by atomic mass is 10.2. The third kappa shape index (κ3) is 4.58. The largest absolute Gasteiger partial charge is 0.480 e. The number of nitrogens with zero attached hydrogens (tertiary/aromatic N) is 1. The first-order valence-corrected chi connectivity index (χ1v) is 7.05. The maximum atomic E-state index is 11.0. The summed E-state index contributed by atoms with van der Waals surface area (Å²) in [4.78, 5) is 22.6. The lowest BCUT2D eigenvalue weighted by Crippen LogP contribution is -2.41. The third-order valence-electron chi connectivity index (χ3n) is 2.17. The number of thioether (sulfide) groups is 1. The molecule has 19 heavy (non-hydrogen) atoms. The molecule has 0 radical (unpaired) electrons. The number of aliphatic carboxylic acids is 1. The van der Waals surface area contributed by atoms with Gasteiger partial charge in [-0.15, -0.1) is 11.8 Å². The van der Waals surface area contributed by atoms with E-state index in [1.54, 1.807) is 18.2 Å². The molecule has 1 aromatic rings. The lowest BCUT2D eigenvalue weighted by Gasteiger charge is -2.13. The first kappa shape index (κ1) is 15.5. The molecule has 0 aromatic heterocycles. The third-order valence-corrected chi connectivity index (χ3v) is 3.98. The summed E-state index contributed by atoms with van der Waals surface area (Å²) in [6.07, 6.45) is 0. The Morgan fingerprint density at radius 2 is 2.26 bits per heavy atom. The minimum Gasteiger partial charge on any atom is -0.480 e. The molecule has 0 aliphatic carbocycles. The van der Waals surface area contributed by atoms with E-state index in [1.165, 1.54) is 18.7 Å². The van der Waals surface area contributed by atoms with Crippen LogP contribution in [-0.4, -0.2) is 28.8 Å². The standard InChI is InChI=1S/C12H11BrN2O3S/c1-7(16)15-10(12(17)18)6-19-11-4-2-3-9(13)8(11)5-14/h2-4,10H,6H2,1H3,(H,15,16)(H,17,18). The smallest absolute Gasteiger partial charge is 0.327 e. The molecule has 1 atom stereocenters. The normalized spacial score (nSPS) is 11.4. The van der Waals surface area contributed by atoms with Crippen LogP contribution in [0, 0.1) is 11.3 Å². The van der Waals surface area contributed by atoms with E-state index in [0.29, 0.717) is 14.9 Å². The number of carboxylic acid groups (broad SMARTS) is 1. The molecular formula is C12H11BrN2O3S. The van der Waals surface area contributed by atoms with E-state index < -0.39 is 17.9 Å². The SMILES string of the molecule is CC(=O)NC(CSc1cccc(Br)c1C#N)C(=O)O. The van der Waals surface area contributed by atoms with E-state index in [1.807, 2.05) is 0 Å². The van der Waals surface area contributed by atoms with Crippen molar-refractivity contribution in [3.8, 4) is 6.07 Å². The molecule has 0 bridgehead atoms. The van der Waals surface area contributed by atoms with E-state index in [-0.39, 0.29) is 5.75 Å². The highest BCUT2D eigenvalue weighted by Gasteiger charge is 2.19. The molecule has 0 fully saturated rings. The number of carbonyl (C=O) groups is 2. The Labute approximate surface area is 123 Å².